The standard InChI is InChI=1S/C20H23FN4O4/c1-13-6-7-16(12-22-13)23-19(26)24-17-9-15(21)10-18(11-17)28-29-20(27)25-8-4-3-5-14(25)2/h6-7,9-12,14H,3-5,8H2,1-2H3,(H2,23,24,26)/t14-/m0/s1. The van der Waals surface area contributed by atoms with Crippen molar-refractivity contribution < 1.29 is 23.8 Å². The van der Waals surface area contributed by atoms with Gasteiger partial charge in [-0.3, -0.25) is 9.87 Å². The van der Waals surface area contributed by atoms with Crippen LogP contribution in [-0.4, -0.2) is 34.6 Å². The first-order valence-electron chi connectivity index (χ1n) is 9.37. The predicted molar refractivity (Wildman–Crippen MR) is 105 cm³/mol. The van der Waals surface area contributed by atoms with Gasteiger partial charge in [-0.25, -0.2) is 18.9 Å². The van der Waals surface area contributed by atoms with Gasteiger partial charge in [-0.15, -0.1) is 0 Å². The number of hydrogen-bond donors (Lipinski definition) is 2. The lowest BCUT2D eigenvalue weighted by Gasteiger charge is -2.31. The number of carbonyl (C=O) groups excluding carboxylic acids is 2. The minimum absolute atomic E-state index is 0.0460. The molecule has 1 fully saturated rings. The summed E-state index contributed by atoms with van der Waals surface area (Å²) in [5, 5.41) is 5.08. The Hall–Kier alpha value is -3.36. The Morgan fingerprint density at radius 3 is 2.69 bits per heavy atom. The van der Waals surface area contributed by atoms with Gasteiger partial charge in [0.1, 0.15) is 5.82 Å². The van der Waals surface area contributed by atoms with Gasteiger partial charge in [-0.2, -0.15) is 0 Å². The largest absolute Gasteiger partial charge is 0.453 e. The Bertz CT molecular complexity index is 875. The monoisotopic (exact) mass is 402 g/mol. The second kappa shape index (κ2) is 9.22. The second-order valence-corrected chi connectivity index (χ2v) is 6.91. The highest BCUT2D eigenvalue weighted by Gasteiger charge is 2.25. The third-order valence-electron chi connectivity index (χ3n) is 4.55. The van der Waals surface area contributed by atoms with Gasteiger partial charge < -0.3 is 15.5 Å². The van der Waals surface area contributed by atoms with Crippen LogP contribution < -0.4 is 15.5 Å². The number of nitrogens with zero attached hydrogens (tertiary/aromatic N) is 2. The highest BCUT2D eigenvalue weighted by Crippen LogP contribution is 2.22. The number of benzene rings is 1. The zero-order valence-corrected chi connectivity index (χ0v) is 16.3. The minimum Gasteiger partial charge on any atom is -0.307 e. The second-order valence-electron chi connectivity index (χ2n) is 6.91. The van der Waals surface area contributed by atoms with Gasteiger partial charge in [0.25, 0.3) is 0 Å². The number of amides is 3. The minimum atomic E-state index is -0.655. The number of hydrogen-bond acceptors (Lipinski definition) is 5. The first kappa shape index (κ1) is 20.4. The Morgan fingerprint density at radius 2 is 1.97 bits per heavy atom. The van der Waals surface area contributed by atoms with Crippen LogP contribution >= 0.6 is 0 Å². The molecule has 0 aliphatic carbocycles. The molecule has 1 aromatic heterocycles. The molecule has 1 atom stereocenters. The van der Waals surface area contributed by atoms with E-state index in [2.05, 4.69) is 15.6 Å². The van der Waals surface area contributed by atoms with E-state index in [1.165, 1.54) is 12.3 Å². The molecule has 2 N–H and O–H groups in total. The summed E-state index contributed by atoms with van der Waals surface area (Å²) in [6.07, 6.45) is 3.75. The molecule has 0 unspecified atom stereocenters. The van der Waals surface area contributed by atoms with Gasteiger partial charge in [0.2, 0.25) is 0 Å². The molecular weight excluding hydrogens is 379 g/mol. The number of urea groups is 1. The summed E-state index contributed by atoms with van der Waals surface area (Å²) < 4.78 is 13.9. The first-order valence-corrected chi connectivity index (χ1v) is 9.37. The molecule has 9 heteroatoms. The molecule has 1 saturated heterocycles. The molecular formula is C20H23FN4O4. The molecule has 0 saturated carbocycles. The molecule has 3 amide bonds. The average molecular weight is 402 g/mol. The average Bonchev–Trinajstić information content (AvgIpc) is 2.68. The zero-order valence-electron chi connectivity index (χ0n) is 16.3. The number of halogens is 1. The van der Waals surface area contributed by atoms with E-state index >= 15 is 0 Å². The zero-order chi connectivity index (χ0) is 20.8. The van der Waals surface area contributed by atoms with Crippen molar-refractivity contribution in [3.63, 3.8) is 0 Å². The van der Waals surface area contributed by atoms with E-state index < -0.39 is 17.9 Å². The summed E-state index contributed by atoms with van der Waals surface area (Å²) in [6, 6.07) is 6.46. The fourth-order valence-corrected chi connectivity index (χ4v) is 3.02. The Labute approximate surface area is 167 Å². The van der Waals surface area contributed by atoms with Crippen molar-refractivity contribution in [2.45, 2.75) is 39.2 Å². The van der Waals surface area contributed by atoms with Crippen LogP contribution in [0.2, 0.25) is 0 Å². The van der Waals surface area contributed by atoms with Crippen molar-refractivity contribution >= 4 is 23.5 Å². The Balaban J connectivity index is 1.58. The quantitative estimate of drug-likeness (QED) is 0.581. The molecule has 0 spiro atoms. The van der Waals surface area contributed by atoms with Gasteiger partial charge in [-0.1, -0.05) is 0 Å². The van der Waals surface area contributed by atoms with E-state index in [-0.39, 0.29) is 17.5 Å². The molecule has 8 nitrogen and oxygen atoms in total. The third-order valence-corrected chi connectivity index (χ3v) is 4.55. The maximum Gasteiger partial charge on any atom is 0.453 e. The number of pyridine rings is 1. The summed E-state index contributed by atoms with van der Waals surface area (Å²) in [5.74, 6) is -0.701. The summed E-state index contributed by atoms with van der Waals surface area (Å²) in [5.41, 5.74) is 1.45. The van der Waals surface area contributed by atoms with Gasteiger partial charge in [0.05, 0.1) is 11.9 Å². The number of aryl methyl sites for hydroxylation is 1. The van der Waals surface area contributed by atoms with Gasteiger partial charge in [-0.05, 0) is 51.3 Å². The summed E-state index contributed by atoms with van der Waals surface area (Å²) in [4.78, 5) is 39.7. The van der Waals surface area contributed by atoms with Crippen molar-refractivity contribution in [3.05, 3.63) is 48.0 Å². The number of piperidine rings is 1. The van der Waals surface area contributed by atoms with Gasteiger partial charge >= 0.3 is 12.1 Å². The molecule has 0 radical (unpaired) electrons. The van der Waals surface area contributed by atoms with Crippen LogP contribution in [0.4, 0.5) is 25.4 Å². The maximum absolute atomic E-state index is 13.9. The molecule has 2 heterocycles. The van der Waals surface area contributed by atoms with Crippen molar-refractivity contribution in [2.24, 2.45) is 0 Å². The van der Waals surface area contributed by atoms with Crippen LogP contribution in [0.25, 0.3) is 0 Å². The number of rotatable bonds is 4. The van der Waals surface area contributed by atoms with Crippen LogP contribution in [-0.2, 0) is 4.89 Å². The molecule has 0 bridgehead atoms. The first-order chi connectivity index (χ1) is 13.9. The van der Waals surface area contributed by atoms with Crippen molar-refractivity contribution in [2.75, 3.05) is 17.2 Å². The molecule has 1 aromatic carbocycles. The lowest BCUT2D eigenvalue weighted by Crippen LogP contribution is -2.42. The van der Waals surface area contributed by atoms with Gasteiger partial charge in [0, 0.05) is 36.1 Å². The van der Waals surface area contributed by atoms with E-state index in [0.29, 0.717) is 12.2 Å². The van der Waals surface area contributed by atoms with Crippen LogP contribution in [0, 0.1) is 12.7 Å². The molecule has 1 aliphatic rings. The number of aromatic nitrogens is 1. The number of anilines is 2. The van der Waals surface area contributed by atoms with Crippen molar-refractivity contribution in [1.29, 1.82) is 0 Å². The topological polar surface area (TPSA) is 92.8 Å². The lowest BCUT2D eigenvalue weighted by molar-refractivity contribution is -0.157. The van der Waals surface area contributed by atoms with E-state index in [1.807, 2.05) is 13.8 Å². The highest BCUT2D eigenvalue weighted by atomic mass is 19.1. The van der Waals surface area contributed by atoms with Crippen molar-refractivity contribution in [3.8, 4) is 5.75 Å². The van der Waals surface area contributed by atoms with E-state index in [4.69, 9.17) is 9.78 Å². The number of likely N-dealkylation sites (tertiary alicyclic amines) is 1. The van der Waals surface area contributed by atoms with Gasteiger partial charge in [0.15, 0.2) is 5.75 Å². The number of carbonyl (C=O) groups is 2. The summed E-state index contributed by atoms with van der Waals surface area (Å²) in [7, 11) is 0. The lowest BCUT2D eigenvalue weighted by atomic mass is 10.0. The Morgan fingerprint density at radius 1 is 1.17 bits per heavy atom. The van der Waals surface area contributed by atoms with E-state index in [0.717, 1.165) is 37.1 Å². The van der Waals surface area contributed by atoms with Crippen molar-refractivity contribution in [1.82, 2.24) is 9.88 Å². The number of nitrogens with one attached hydrogen (secondary N) is 2. The van der Waals surface area contributed by atoms with Crippen LogP contribution in [0.5, 0.6) is 5.75 Å². The normalized spacial score (nSPS) is 16.1. The molecule has 1 aliphatic heterocycles. The fraction of sp³-hybridized carbons (Fsp3) is 0.350. The molecule has 3 rings (SSSR count). The maximum atomic E-state index is 13.9. The summed E-state index contributed by atoms with van der Waals surface area (Å²) in [6.45, 7) is 4.36. The molecule has 154 valence electrons. The summed E-state index contributed by atoms with van der Waals surface area (Å²) >= 11 is 0. The van der Waals surface area contributed by atoms with E-state index in [1.54, 1.807) is 17.0 Å². The third kappa shape index (κ3) is 5.81. The van der Waals surface area contributed by atoms with Crippen LogP contribution in [0.1, 0.15) is 31.9 Å². The van der Waals surface area contributed by atoms with Crippen LogP contribution in [0.3, 0.4) is 0 Å². The van der Waals surface area contributed by atoms with E-state index in [9.17, 15) is 14.0 Å². The molecule has 2 aromatic rings. The Kier molecular flexibility index (Phi) is 6.48. The predicted octanol–water partition coefficient (Wildman–Crippen LogP) is 4.48. The van der Waals surface area contributed by atoms with Crippen LogP contribution in [0.15, 0.2) is 36.5 Å². The smallest absolute Gasteiger partial charge is 0.307 e. The fourth-order valence-electron chi connectivity index (χ4n) is 3.02. The molecule has 29 heavy (non-hydrogen) atoms. The SMILES string of the molecule is Cc1ccc(NC(=O)Nc2cc(F)cc(OOC(=O)N3CCCC[C@@H]3C)c2)cn1. The highest BCUT2D eigenvalue weighted by molar-refractivity contribution is 5.99.